The van der Waals surface area contributed by atoms with E-state index >= 15 is 0 Å². The minimum absolute atomic E-state index is 0.0806. The molecule has 0 spiro atoms. The van der Waals surface area contributed by atoms with Gasteiger partial charge in [0.1, 0.15) is 0 Å². The molecule has 7 heteroatoms. The number of hydrogen-bond acceptors (Lipinski definition) is 5. The average Bonchev–Trinajstić information content (AvgIpc) is 2.70. The van der Waals surface area contributed by atoms with Gasteiger partial charge in [-0.25, -0.2) is 4.39 Å². The third kappa shape index (κ3) is 2.91. The lowest BCUT2D eigenvalue weighted by molar-refractivity contribution is -0.137. The molecule has 1 aliphatic rings. The lowest BCUT2D eigenvalue weighted by Gasteiger charge is -2.53. The second-order valence-electron chi connectivity index (χ2n) is 7.08. The van der Waals surface area contributed by atoms with Gasteiger partial charge in [0.2, 0.25) is 11.7 Å². The summed E-state index contributed by atoms with van der Waals surface area (Å²) in [6.07, 6.45) is 0. The molecule has 2 aromatic carbocycles. The summed E-state index contributed by atoms with van der Waals surface area (Å²) >= 11 is 0. The summed E-state index contributed by atoms with van der Waals surface area (Å²) in [4.78, 5) is 14.5. The molecular weight excluding hydrogens is 365 g/mol. The molecule has 0 saturated carbocycles. The highest BCUT2D eigenvalue weighted by Gasteiger charge is 2.55. The van der Waals surface area contributed by atoms with Gasteiger partial charge < -0.3 is 23.8 Å². The van der Waals surface area contributed by atoms with Crippen LogP contribution < -0.4 is 23.8 Å². The molecule has 1 amide bonds. The van der Waals surface area contributed by atoms with Gasteiger partial charge in [-0.3, -0.25) is 4.79 Å². The molecule has 2 aromatic rings. The molecule has 1 aliphatic heterocycles. The van der Waals surface area contributed by atoms with Crippen molar-refractivity contribution < 1.29 is 28.1 Å². The molecule has 0 unspecified atom stereocenters. The number of benzene rings is 2. The second kappa shape index (κ2) is 7.22. The Balaban J connectivity index is 2.10. The molecule has 3 rings (SSSR count). The number of anilines is 1. The van der Waals surface area contributed by atoms with E-state index in [4.69, 9.17) is 18.9 Å². The van der Waals surface area contributed by atoms with E-state index in [0.29, 0.717) is 28.5 Å². The Morgan fingerprint density at radius 1 is 0.893 bits per heavy atom. The molecule has 1 heterocycles. The topological polar surface area (TPSA) is 57.2 Å². The van der Waals surface area contributed by atoms with E-state index < -0.39 is 11.2 Å². The zero-order chi connectivity index (χ0) is 20.6. The highest BCUT2D eigenvalue weighted by Crippen LogP contribution is 2.54. The van der Waals surface area contributed by atoms with Crippen molar-refractivity contribution in [3.63, 3.8) is 0 Å². The van der Waals surface area contributed by atoms with Crippen LogP contribution in [0.2, 0.25) is 0 Å². The van der Waals surface area contributed by atoms with Gasteiger partial charge in [0, 0.05) is 12.1 Å². The molecule has 28 heavy (non-hydrogen) atoms. The number of amides is 1. The number of carbonyl (C=O) groups excluding carboxylic acids is 1. The molecule has 1 fully saturated rings. The smallest absolute Gasteiger partial charge is 0.235 e. The molecule has 0 bridgehead atoms. The van der Waals surface area contributed by atoms with E-state index in [2.05, 4.69) is 0 Å². The number of carbonyl (C=O) groups is 1. The van der Waals surface area contributed by atoms with Crippen molar-refractivity contribution in [3.8, 4) is 23.0 Å². The fourth-order valence-corrected chi connectivity index (χ4v) is 3.69. The van der Waals surface area contributed by atoms with E-state index in [-0.39, 0.29) is 17.7 Å². The van der Waals surface area contributed by atoms with Crippen LogP contribution in [0.15, 0.2) is 30.3 Å². The van der Waals surface area contributed by atoms with Crippen molar-refractivity contribution in [2.24, 2.45) is 5.41 Å². The zero-order valence-electron chi connectivity index (χ0n) is 16.8. The first-order chi connectivity index (χ1) is 13.3. The van der Waals surface area contributed by atoms with Crippen LogP contribution in [0, 0.1) is 11.2 Å². The zero-order valence-corrected chi connectivity index (χ0v) is 16.8. The van der Waals surface area contributed by atoms with Gasteiger partial charge in [-0.1, -0.05) is 6.07 Å². The summed E-state index contributed by atoms with van der Waals surface area (Å²) in [5.41, 5.74) is 0.568. The van der Waals surface area contributed by atoms with Crippen LogP contribution in [0.3, 0.4) is 0 Å². The molecule has 0 aliphatic carbocycles. The van der Waals surface area contributed by atoms with Crippen LogP contribution >= 0.6 is 0 Å². The third-order valence-electron chi connectivity index (χ3n) is 5.13. The van der Waals surface area contributed by atoms with Crippen molar-refractivity contribution >= 4 is 11.6 Å². The Bertz CT molecular complexity index is 887. The number of methoxy groups -OCH3 is 4. The highest BCUT2D eigenvalue weighted by atomic mass is 19.1. The Labute approximate surface area is 163 Å². The van der Waals surface area contributed by atoms with Gasteiger partial charge in [-0.15, -0.1) is 0 Å². The predicted octanol–water partition coefficient (Wildman–Crippen LogP) is 3.97. The molecular formula is C21H24FNO5. The van der Waals surface area contributed by atoms with Crippen LogP contribution in [0.4, 0.5) is 10.1 Å². The van der Waals surface area contributed by atoms with Crippen LogP contribution in [-0.4, -0.2) is 34.3 Å². The van der Waals surface area contributed by atoms with Crippen molar-refractivity contribution in [1.82, 2.24) is 0 Å². The first-order valence-electron chi connectivity index (χ1n) is 8.77. The number of halogens is 1. The lowest BCUT2D eigenvalue weighted by atomic mass is 9.70. The minimum Gasteiger partial charge on any atom is -0.494 e. The van der Waals surface area contributed by atoms with E-state index in [1.54, 1.807) is 29.2 Å². The van der Waals surface area contributed by atoms with Gasteiger partial charge >= 0.3 is 0 Å². The number of rotatable bonds is 6. The molecule has 0 N–H and O–H groups in total. The number of β-lactam (4-membered cyclic amide) rings is 1. The maximum absolute atomic E-state index is 14.3. The second-order valence-corrected chi connectivity index (χ2v) is 7.08. The number of hydrogen-bond donors (Lipinski definition) is 0. The average molecular weight is 389 g/mol. The monoisotopic (exact) mass is 389 g/mol. The number of ether oxygens (including phenoxy) is 4. The maximum atomic E-state index is 14.3. The van der Waals surface area contributed by atoms with E-state index in [1.165, 1.54) is 34.5 Å². The van der Waals surface area contributed by atoms with Crippen LogP contribution in [0.25, 0.3) is 0 Å². The van der Waals surface area contributed by atoms with Crippen LogP contribution in [-0.2, 0) is 4.79 Å². The first-order valence-corrected chi connectivity index (χ1v) is 8.77. The molecule has 0 aromatic heterocycles. The normalized spacial score (nSPS) is 17.8. The van der Waals surface area contributed by atoms with Gasteiger partial charge in [0.25, 0.3) is 0 Å². The largest absolute Gasteiger partial charge is 0.494 e. The summed E-state index contributed by atoms with van der Waals surface area (Å²) in [5, 5.41) is 0. The molecule has 1 saturated heterocycles. The van der Waals surface area contributed by atoms with Gasteiger partial charge in [-0.2, -0.15) is 0 Å². The molecule has 6 nitrogen and oxygen atoms in total. The van der Waals surface area contributed by atoms with Gasteiger partial charge in [0.15, 0.2) is 23.1 Å². The highest BCUT2D eigenvalue weighted by molar-refractivity contribution is 6.06. The van der Waals surface area contributed by atoms with Crippen molar-refractivity contribution in [2.75, 3.05) is 33.3 Å². The Hall–Kier alpha value is -2.96. The summed E-state index contributed by atoms with van der Waals surface area (Å²) in [5.74, 6) is 0.922. The Morgan fingerprint density at radius 3 is 1.93 bits per heavy atom. The van der Waals surface area contributed by atoms with Crippen LogP contribution in [0.1, 0.15) is 25.5 Å². The Kier molecular flexibility index (Phi) is 5.10. The standard InChI is InChI=1S/C21H24FNO5/c1-21(2)19(12-7-8-15(25-3)14(22)9-12)23(20(21)24)13-10-16(26-4)18(28-6)17(11-13)27-5/h7-11,19H,1-6H3/t19-/m0/s1. The van der Waals surface area contributed by atoms with Gasteiger partial charge in [-0.05, 0) is 31.5 Å². The van der Waals surface area contributed by atoms with E-state index in [0.717, 1.165) is 0 Å². The van der Waals surface area contributed by atoms with Crippen LogP contribution in [0.5, 0.6) is 23.0 Å². The van der Waals surface area contributed by atoms with Crippen molar-refractivity contribution in [2.45, 2.75) is 19.9 Å². The van der Waals surface area contributed by atoms with E-state index in [9.17, 15) is 9.18 Å². The fraction of sp³-hybridized carbons (Fsp3) is 0.381. The van der Waals surface area contributed by atoms with Crippen molar-refractivity contribution in [3.05, 3.63) is 41.7 Å². The summed E-state index contributed by atoms with van der Waals surface area (Å²) in [6, 6.07) is 7.80. The summed E-state index contributed by atoms with van der Waals surface area (Å²) < 4.78 is 35.4. The SMILES string of the molecule is COc1ccc([C@@H]2N(c3cc(OC)c(OC)c(OC)c3)C(=O)C2(C)C)cc1F. The fourth-order valence-electron chi connectivity index (χ4n) is 3.69. The summed E-state index contributed by atoms with van der Waals surface area (Å²) in [6.45, 7) is 3.69. The predicted molar refractivity (Wildman–Crippen MR) is 103 cm³/mol. The number of nitrogens with zero attached hydrogens (tertiary/aromatic N) is 1. The van der Waals surface area contributed by atoms with Crippen molar-refractivity contribution in [1.29, 1.82) is 0 Å². The third-order valence-corrected chi connectivity index (χ3v) is 5.13. The Morgan fingerprint density at radius 2 is 1.46 bits per heavy atom. The maximum Gasteiger partial charge on any atom is 0.235 e. The first kappa shape index (κ1) is 19.8. The molecule has 0 radical (unpaired) electrons. The van der Waals surface area contributed by atoms with E-state index in [1.807, 2.05) is 13.8 Å². The van der Waals surface area contributed by atoms with Gasteiger partial charge in [0.05, 0.1) is 45.6 Å². The summed E-state index contributed by atoms with van der Waals surface area (Å²) in [7, 11) is 5.95. The quantitative estimate of drug-likeness (QED) is 0.700. The minimum atomic E-state index is -0.693. The molecule has 150 valence electrons. The molecule has 1 atom stereocenters. The lowest BCUT2D eigenvalue weighted by Crippen LogP contribution is -2.61.